The summed E-state index contributed by atoms with van der Waals surface area (Å²) < 4.78 is 44.3. The number of benzene rings is 2. The first kappa shape index (κ1) is 20.4. The SMILES string of the molecule is COc1ccc(OC)c(Cn2cc3cc(OC)c(OS(N)(=O)=O)cc3nc2=O)c1. The molecule has 0 aliphatic carbocycles. The Morgan fingerprint density at radius 2 is 1.72 bits per heavy atom. The van der Waals surface area contributed by atoms with E-state index in [0.29, 0.717) is 16.9 Å². The zero-order valence-electron chi connectivity index (χ0n) is 15.9. The predicted molar refractivity (Wildman–Crippen MR) is 105 cm³/mol. The van der Waals surface area contributed by atoms with E-state index in [1.165, 1.54) is 30.9 Å². The number of methoxy groups -OCH3 is 3. The fourth-order valence-corrected chi connectivity index (χ4v) is 3.19. The third-order valence-corrected chi connectivity index (χ3v) is 4.52. The molecule has 2 N–H and O–H groups in total. The van der Waals surface area contributed by atoms with Crippen molar-refractivity contribution in [2.75, 3.05) is 21.3 Å². The van der Waals surface area contributed by atoms with Crippen LogP contribution in [0.25, 0.3) is 10.9 Å². The van der Waals surface area contributed by atoms with Gasteiger partial charge in [-0.3, -0.25) is 4.57 Å². The molecule has 29 heavy (non-hydrogen) atoms. The molecule has 11 heteroatoms. The van der Waals surface area contributed by atoms with E-state index >= 15 is 0 Å². The first-order chi connectivity index (χ1) is 13.7. The van der Waals surface area contributed by atoms with Crippen LogP contribution in [0.15, 0.2) is 41.3 Å². The maximum Gasteiger partial charge on any atom is 0.380 e. The lowest BCUT2D eigenvalue weighted by Gasteiger charge is -2.13. The lowest BCUT2D eigenvalue weighted by Crippen LogP contribution is -2.23. The number of fused-ring (bicyclic) bond motifs is 1. The Labute approximate surface area is 166 Å². The lowest BCUT2D eigenvalue weighted by molar-refractivity contribution is 0.391. The Kier molecular flexibility index (Phi) is 5.62. The molecule has 2 aromatic carbocycles. The van der Waals surface area contributed by atoms with Crippen molar-refractivity contribution in [1.82, 2.24) is 9.55 Å². The number of ether oxygens (including phenoxy) is 3. The van der Waals surface area contributed by atoms with Gasteiger partial charge in [0.2, 0.25) is 0 Å². The van der Waals surface area contributed by atoms with Gasteiger partial charge in [-0.15, -0.1) is 0 Å². The zero-order chi connectivity index (χ0) is 21.2. The molecule has 10 nitrogen and oxygen atoms in total. The van der Waals surface area contributed by atoms with Crippen molar-refractivity contribution in [3.8, 4) is 23.0 Å². The minimum absolute atomic E-state index is 0.123. The van der Waals surface area contributed by atoms with E-state index in [4.69, 9.17) is 23.5 Å². The molecule has 3 aromatic rings. The first-order valence-corrected chi connectivity index (χ1v) is 9.73. The summed E-state index contributed by atoms with van der Waals surface area (Å²) in [5.41, 5.74) is 0.397. The van der Waals surface area contributed by atoms with Gasteiger partial charge in [-0.25, -0.2) is 4.79 Å². The fourth-order valence-electron chi connectivity index (χ4n) is 2.81. The van der Waals surface area contributed by atoms with Crippen molar-refractivity contribution in [2.45, 2.75) is 6.54 Å². The quantitative estimate of drug-likeness (QED) is 0.599. The molecule has 1 heterocycles. The van der Waals surface area contributed by atoms with Gasteiger partial charge in [-0.1, -0.05) is 0 Å². The maximum absolute atomic E-state index is 12.5. The van der Waals surface area contributed by atoms with Crippen LogP contribution in [-0.4, -0.2) is 39.3 Å². The summed E-state index contributed by atoms with van der Waals surface area (Å²) in [4.78, 5) is 16.5. The minimum atomic E-state index is -4.27. The number of nitrogens with zero attached hydrogens (tertiary/aromatic N) is 2. The van der Waals surface area contributed by atoms with E-state index in [0.717, 1.165) is 5.56 Å². The van der Waals surface area contributed by atoms with Crippen LogP contribution in [0.5, 0.6) is 23.0 Å². The Hall–Kier alpha value is -3.31. The van der Waals surface area contributed by atoms with Gasteiger partial charge in [0.1, 0.15) is 11.5 Å². The molecular formula is C18H19N3O7S. The van der Waals surface area contributed by atoms with Gasteiger partial charge in [0.25, 0.3) is 0 Å². The third kappa shape index (κ3) is 4.58. The molecule has 0 atom stereocenters. The van der Waals surface area contributed by atoms with E-state index < -0.39 is 16.0 Å². The highest BCUT2D eigenvalue weighted by atomic mass is 32.2. The molecule has 3 rings (SSSR count). The van der Waals surface area contributed by atoms with Gasteiger partial charge in [0, 0.05) is 23.2 Å². The fraction of sp³-hybridized carbons (Fsp3) is 0.222. The maximum atomic E-state index is 12.5. The Balaban J connectivity index is 2.08. The molecule has 0 aliphatic rings. The number of hydrogen-bond acceptors (Lipinski definition) is 8. The molecule has 0 radical (unpaired) electrons. The smallest absolute Gasteiger partial charge is 0.380 e. The molecular weight excluding hydrogens is 402 g/mol. The molecule has 154 valence electrons. The van der Waals surface area contributed by atoms with Crippen LogP contribution in [0.2, 0.25) is 0 Å². The lowest BCUT2D eigenvalue weighted by atomic mass is 10.1. The molecule has 0 bridgehead atoms. The van der Waals surface area contributed by atoms with Gasteiger partial charge in [0.05, 0.1) is 33.4 Å². The van der Waals surface area contributed by atoms with Crippen LogP contribution >= 0.6 is 0 Å². The van der Waals surface area contributed by atoms with E-state index in [9.17, 15) is 13.2 Å². The first-order valence-electron chi connectivity index (χ1n) is 8.26. The number of nitrogens with two attached hydrogens (primary N) is 1. The molecule has 0 amide bonds. The average Bonchev–Trinajstić information content (AvgIpc) is 2.67. The minimum Gasteiger partial charge on any atom is -0.497 e. The van der Waals surface area contributed by atoms with E-state index in [1.807, 2.05) is 0 Å². The second-order valence-electron chi connectivity index (χ2n) is 5.97. The normalized spacial score (nSPS) is 11.3. The van der Waals surface area contributed by atoms with Crippen LogP contribution in [0.3, 0.4) is 0 Å². The summed E-state index contributed by atoms with van der Waals surface area (Å²) >= 11 is 0. The van der Waals surface area contributed by atoms with Crippen molar-refractivity contribution >= 4 is 21.2 Å². The molecule has 0 saturated heterocycles. The van der Waals surface area contributed by atoms with E-state index in [-0.39, 0.29) is 23.6 Å². The summed E-state index contributed by atoms with van der Waals surface area (Å²) in [6.45, 7) is 0.180. The second-order valence-corrected chi connectivity index (χ2v) is 7.12. The van der Waals surface area contributed by atoms with Crippen molar-refractivity contribution in [3.05, 3.63) is 52.6 Å². The summed E-state index contributed by atoms with van der Waals surface area (Å²) in [6.07, 6.45) is 1.58. The molecule has 0 spiro atoms. The Morgan fingerprint density at radius 1 is 1.00 bits per heavy atom. The summed E-state index contributed by atoms with van der Waals surface area (Å²) in [6, 6.07) is 8.03. The average molecular weight is 421 g/mol. The highest BCUT2D eigenvalue weighted by Gasteiger charge is 2.15. The number of hydrogen-bond donors (Lipinski definition) is 1. The van der Waals surface area contributed by atoms with Gasteiger partial charge < -0.3 is 18.4 Å². The largest absolute Gasteiger partial charge is 0.497 e. The van der Waals surface area contributed by atoms with Crippen molar-refractivity contribution < 1.29 is 26.8 Å². The van der Waals surface area contributed by atoms with Gasteiger partial charge in [0.15, 0.2) is 11.5 Å². The number of aromatic nitrogens is 2. The van der Waals surface area contributed by atoms with Crippen LogP contribution in [-0.2, 0) is 16.8 Å². The van der Waals surface area contributed by atoms with Crippen LogP contribution in [0.1, 0.15) is 5.56 Å². The molecule has 1 aromatic heterocycles. The Morgan fingerprint density at radius 3 is 2.34 bits per heavy atom. The van der Waals surface area contributed by atoms with Crippen LogP contribution in [0, 0.1) is 0 Å². The van der Waals surface area contributed by atoms with Crippen molar-refractivity contribution in [3.63, 3.8) is 0 Å². The van der Waals surface area contributed by atoms with E-state index in [2.05, 4.69) is 4.98 Å². The molecule has 0 unspecified atom stereocenters. The standard InChI is InChI=1S/C18H19N3O7S/c1-25-13-4-5-15(26-2)12(6-13)10-21-9-11-7-16(27-3)17(28-29(19,23)24)8-14(11)20-18(21)22/h4-9H,10H2,1-3H3,(H2,19,23,24). The van der Waals surface area contributed by atoms with Crippen LogP contribution < -0.4 is 29.2 Å². The highest BCUT2D eigenvalue weighted by molar-refractivity contribution is 7.84. The molecule has 0 saturated carbocycles. The Bertz CT molecular complexity index is 1220. The summed E-state index contributed by atoms with van der Waals surface area (Å²) in [5, 5.41) is 5.44. The topological polar surface area (TPSA) is 132 Å². The molecule has 0 aliphatic heterocycles. The van der Waals surface area contributed by atoms with Crippen LogP contribution in [0.4, 0.5) is 0 Å². The number of rotatable bonds is 7. The zero-order valence-corrected chi connectivity index (χ0v) is 16.7. The van der Waals surface area contributed by atoms with Crippen molar-refractivity contribution in [1.29, 1.82) is 0 Å². The highest BCUT2D eigenvalue weighted by Crippen LogP contribution is 2.32. The van der Waals surface area contributed by atoms with Gasteiger partial charge in [-0.05, 0) is 24.3 Å². The molecule has 0 fully saturated rings. The third-order valence-electron chi connectivity index (χ3n) is 4.10. The van der Waals surface area contributed by atoms with Crippen molar-refractivity contribution in [2.24, 2.45) is 5.14 Å². The monoisotopic (exact) mass is 421 g/mol. The summed E-state index contributed by atoms with van der Waals surface area (Å²) in [7, 11) is 0.157. The second kappa shape index (κ2) is 7.97. The van der Waals surface area contributed by atoms with E-state index in [1.54, 1.807) is 31.5 Å². The van der Waals surface area contributed by atoms with Gasteiger partial charge in [-0.2, -0.15) is 18.5 Å². The predicted octanol–water partition coefficient (Wildman–Crippen LogP) is 1.05. The van der Waals surface area contributed by atoms with Gasteiger partial charge >= 0.3 is 16.0 Å². The summed E-state index contributed by atoms with van der Waals surface area (Å²) in [5.74, 6) is 1.17.